The first-order valence-electron chi connectivity index (χ1n) is 5.93. The standard InChI is InChI=1S/C12H18N4S2/c1-6(2)8(4)15-12-9(10(13)16-18-12)11-14-7(3)5-17-11/h5-6,8,15H,1-4H3,(H2,13,16). The number of aromatic nitrogens is 2. The van der Waals surface area contributed by atoms with Crippen molar-refractivity contribution in [2.45, 2.75) is 33.7 Å². The molecule has 2 rings (SSSR count). The second kappa shape index (κ2) is 5.24. The monoisotopic (exact) mass is 282 g/mol. The van der Waals surface area contributed by atoms with Gasteiger partial charge in [0.1, 0.15) is 15.8 Å². The Labute approximate surface area is 115 Å². The van der Waals surface area contributed by atoms with Gasteiger partial charge in [0, 0.05) is 17.1 Å². The molecular formula is C12H18N4S2. The van der Waals surface area contributed by atoms with E-state index in [9.17, 15) is 0 Å². The smallest absolute Gasteiger partial charge is 0.149 e. The van der Waals surface area contributed by atoms with Crippen LogP contribution in [0.3, 0.4) is 0 Å². The van der Waals surface area contributed by atoms with Gasteiger partial charge in [-0.05, 0) is 31.3 Å². The van der Waals surface area contributed by atoms with Crippen molar-refractivity contribution in [3.05, 3.63) is 11.1 Å². The molecule has 0 aliphatic carbocycles. The number of hydrogen-bond donors (Lipinski definition) is 2. The third-order valence-corrected chi connectivity index (χ3v) is 4.68. The highest BCUT2D eigenvalue weighted by Crippen LogP contribution is 2.38. The molecule has 0 saturated heterocycles. The van der Waals surface area contributed by atoms with E-state index in [0.717, 1.165) is 21.3 Å². The quantitative estimate of drug-likeness (QED) is 0.899. The van der Waals surface area contributed by atoms with E-state index in [0.29, 0.717) is 17.8 Å². The lowest BCUT2D eigenvalue weighted by Gasteiger charge is -2.17. The molecule has 4 nitrogen and oxygen atoms in total. The van der Waals surface area contributed by atoms with Gasteiger partial charge in [-0.2, -0.15) is 4.37 Å². The molecule has 1 unspecified atom stereocenters. The molecule has 0 fully saturated rings. The molecule has 0 aromatic carbocycles. The Balaban J connectivity index is 2.33. The summed E-state index contributed by atoms with van der Waals surface area (Å²) in [6, 6.07) is 0.379. The number of aryl methyl sites for hydroxylation is 1. The Bertz CT molecular complexity index is 530. The van der Waals surface area contributed by atoms with Gasteiger partial charge in [-0.25, -0.2) is 4.98 Å². The largest absolute Gasteiger partial charge is 0.382 e. The molecule has 0 aliphatic heterocycles. The van der Waals surface area contributed by atoms with Crippen LogP contribution in [0.25, 0.3) is 10.6 Å². The second-order valence-corrected chi connectivity index (χ2v) is 6.37. The summed E-state index contributed by atoms with van der Waals surface area (Å²) in [6.45, 7) is 8.53. The van der Waals surface area contributed by atoms with Crippen LogP contribution in [-0.2, 0) is 0 Å². The van der Waals surface area contributed by atoms with E-state index in [1.807, 2.05) is 12.3 Å². The van der Waals surface area contributed by atoms with Crippen LogP contribution in [0.4, 0.5) is 10.8 Å². The summed E-state index contributed by atoms with van der Waals surface area (Å²) in [5.74, 6) is 1.12. The average molecular weight is 282 g/mol. The Hall–Kier alpha value is -1.14. The second-order valence-electron chi connectivity index (χ2n) is 4.74. The van der Waals surface area contributed by atoms with Crippen LogP contribution in [0.5, 0.6) is 0 Å². The fraction of sp³-hybridized carbons (Fsp3) is 0.500. The van der Waals surface area contributed by atoms with Gasteiger partial charge < -0.3 is 11.1 Å². The van der Waals surface area contributed by atoms with E-state index in [1.165, 1.54) is 11.5 Å². The number of rotatable bonds is 4. The molecule has 0 aliphatic rings. The summed E-state index contributed by atoms with van der Waals surface area (Å²) in [7, 11) is 0. The van der Waals surface area contributed by atoms with Crippen LogP contribution in [0.1, 0.15) is 26.5 Å². The van der Waals surface area contributed by atoms with Crippen molar-refractivity contribution < 1.29 is 0 Å². The Morgan fingerprint density at radius 1 is 1.33 bits per heavy atom. The van der Waals surface area contributed by atoms with E-state index in [4.69, 9.17) is 5.73 Å². The number of nitrogen functional groups attached to an aromatic ring is 1. The maximum absolute atomic E-state index is 5.96. The maximum Gasteiger partial charge on any atom is 0.149 e. The predicted octanol–water partition coefficient (Wildman–Crippen LogP) is 3.61. The molecule has 3 N–H and O–H groups in total. The van der Waals surface area contributed by atoms with Crippen LogP contribution in [0.15, 0.2) is 5.38 Å². The number of anilines is 2. The number of nitrogens with two attached hydrogens (primary N) is 1. The maximum atomic E-state index is 5.96. The Morgan fingerprint density at radius 2 is 2.06 bits per heavy atom. The summed E-state index contributed by atoms with van der Waals surface area (Å²) in [6.07, 6.45) is 0. The van der Waals surface area contributed by atoms with Crippen molar-refractivity contribution >= 4 is 33.7 Å². The first-order valence-corrected chi connectivity index (χ1v) is 7.58. The topological polar surface area (TPSA) is 63.8 Å². The third kappa shape index (κ3) is 2.64. The molecule has 6 heteroatoms. The lowest BCUT2D eigenvalue weighted by molar-refractivity contribution is 0.561. The highest BCUT2D eigenvalue weighted by Gasteiger charge is 2.18. The van der Waals surface area contributed by atoms with Gasteiger partial charge in [0.15, 0.2) is 0 Å². The zero-order chi connectivity index (χ0) is 13.3. The Kier molecular flexibility index (Phi) is 3.87. The van der Waals surface area contributed by atoms with E-state index >= 15 is 0 Å². The minimum absolute atomic E-state index is 0.379. The number of nitrogens with one attached hydrogen (secondary N) is 1. The minimum Gasteiger partial charge on any atom is -0.382 e. The first kappa shape index (κ1) is 13.3. The summed E-state index contributed by atoms with van der Waals surface area (Å²) in [5.41, 5.74) is 7.93. The van der Waals surface area contributed by atoms with Crippen LogP contribution in [0.2, 0.25) is 0 Å². The van der Waals surface area contributed by atoms with Gasteiger partial charge in [-0.15, -0.1) is 11.3 Å². The van der Waals surface area contributed by atoms with Crippen molar-refractivity contribution in [1.29, 1.82) is 0 Å². The van der Waals surface area contributed by atoms with E-state index in [2.05, 4.69) is 35.4 Å². The van der Waals surface area contributed by atoms with E-state index in [1.54, 1.807) is 11.3 Å². The summed E-state index contributed by atoms with van der Waals surface area (Å²) in [5, 5.41) is 7.47. The molecule has 0 saturated carbocycles. The van der Waals surface area contributed by atoms with Crippen molar-refractivity contribution in [3.63, 3.8) is 0 Å². The minimum atomic E-state index is 0.379. The fourth-order valence-corrected chi connectivity index (χ4v) is 3.18. The zero-order valence-electron chi connectivity index (χ0n) is 11.0. The SMILES string of the molecule is Cc1csc(-c2c(N)nsc2NC(C)C(C)C)n1. The summed E-state index contributed by atoms with van der Waals surface area (Å²) < 4.78 is 4.24. The molecule has 0 amide bonds. The van der Waals surface area contributed by atoms with Crippen molar-refractivity contribution in [2.24, 2.45) is 5.92 Å². The van der Waals surface area contributed by atoms with Gasteiger partial charge in [-0.3, -0.25) is 0 Å². The Morgan fingerprint density at radius 3 is 2.61 bits per heavy atom. The summed E-state index contributed by atoms with van der Waals surface area (Å²) in [4.78, 5) is 4.49. The number of hydrogen-bond acceptors (Lipinski definition) is 6. The lowest BCUT2D eigenvalue weighted by Crippen LogP contribution is -2.21. The van der Waals surface area contributed by atoms with Gasteiger partial charge in [0.05, 0.1) is 5.56 Å². The van der Waals surface area contributed by atoms with E-state index in [-0.39, 0.29) is 0 Å². The molecular weight excluding hydrogens is 264 g/mol. The highest BCUT2D eigenvalue weighted by molar-refractivity contribution is 7.15. The van der Waals surface area contributed by atoms with Gasteiger partial charge in [-0.1, -0.05) is 13.8 Å². The van der Waals surface area contributed by atoms with Crippen molar-refractivity contribution in [2.75, 3.05) is 11.1 Å². The molecule has 2 aromatic rings. The molecule has 98 valence electrons. The van der Waals surface area contributed by atoms with E-state index < -0.39 is 0 Å². The number of thiazole rings is 1. The summed E-state index contributed by atoms with van der Waals surface area (Å²) >= 11 is 3.01. The molecule has 18 heavy (non-hydrogen) atoms. The van der Waals surface area contributed by atoms with Crippen LogP contribution >= 0.6 is 22.9 Å². The van der Waals surface area contributed by atoms with Crippen LogP contribution in [-0.4, -0.2) is 15.4 Å². The van der Waals surface area contributed by atoms with Crippen LogP contribution in [0, 0.1) is 12.8 Å². The van der Waals surface area contributed by atoms with Crippen molar-refractivity contribution in [3.8, 4) is 10.6 Å². The highest BCUT2D eigenvalue weighted by atomic mass is 32.1. The zero-order valence-corrected chi connectivity index (χ0v) is 12.7. The fourth-order valence-electron chi connectivity index (χ4n) is 1.45. The van der Waals surface area contributed by atoms with Gasteiger partial charge >= 0.3 is 0 Å². The van der Waals surface area contributed by atoms with Gasteiger partial charge in [0.25, 0.3) is 0 Å². The molecule has 0 bridgehead atoms. The normalized spacial score (nSPS) is 12.9. The third-order valence-electron chi connectivity index (χ3n) is 2.91. The van der Waals surface area contributed by atoms with Crippen molar-refractivity contribution in [1.82, 2.24) is 9.36 Å². The van der Waals surface area contributed by atoms with Gasteiger partial charge in [0.2, 0.25) is 0 Å². The number of nitrogens with zero attached hydrogens (tertiary/aromatic N) is 2. The first-order chi connectivity index (χ1) is 8.49. The molecule has 0 radical (unpaired) electrons. The van der Waals surface area contributed by atoms with Crippen LogP contribution < -0.4 is 11.1 Å². The lowest BCUT2D eigenvalue weighted by atomic mass is 10.1. The molecule has 0 spiro atoms. The molecule has 1 atom stereocenters. The predicted molar refractivity (Wildman–Crippen MR) is 80.3 cm³/mol. The molecule has 2 heterocycles. The average Bonchev–Trinajstić information content (AvgIpc) is 2.85. The molecule has 2 aromatic heterocycles.